The predicted octanol–water partition coefficient (Wildman–Crippen LogP) is 4.75. The van der Waals surface area contributed by atoms with Gasteiger partial charge >= 0.3 is 18.3 Å². The lowest BCUT2D eigenvalue weighted by atomic mass is 9.95. The summed E-state index contributed by atoms with van der Waals surface area (Å²) in [6, 6.07) is 7.38. The summed E-state index contributed by atoms with van der Waals surface area (Å²) in [5.74, 6) is -1.33. The standard InChI is InChI=1S/C12H13F3N2O.C7H4BrF3N2O2/c1-11(18,12(13,14)15)6-8-7-4-2-3-5-9(7)17-10(8)16;8-5-2(7(9,10)11)1-3(12)4(13-5)6(14)15/h2-5,17-18H,6,16H2,1H3;1H,12H2,(H,14,15)/t11-;/m0./s1. The van der Waals surface area contributed by atoms with Crippen molar-refractivity contribution < 1.29 is 41.4 Å². The van der Waals surface area contributed by atoms with Gasteiger partial charge in [0, 0.05) is 22.9 Å². The molecule has 0 aliphatic carbocycles. The number of pyridine rings is 1. The van der Waals surface area contributed by atoms with Gasteiger partial charge < -0.3 is 26.7 Å². The number of nitrogens with one attached hydrogen (secondary N) is 1. The quantitative estimate of drug-likeness (QED) is 0.239. The third-order valence-electron chi connectivity index (χ3n) is 4.49. The number of benzene rings is 1. The fourth-order valence-electron chi connectivity index (χ4n) is 2.73. The van der Waals surface area contributed by atoms with Gasteiger partial charge in [-0.15, -0.1) is 0 Å². The van der Waals surface area contributed by atoms with Crippen molar-refractivity contribution in [2.45, 2.75) is 31.3 Å². The Morgan fingerprint density at radius 1 is 1.15 bits per heavy atom. The second-order valence-electron chi connectivity index (χ2n) is 7.08. The van der Waals surface area contributed by atoms with E-state index in [-0.39, 0.29) is 11.4 Å². The highest BCUT2D eigenvalue weighted by Crippen LogP contribution is 2.37. The van der Waals surface area contributed by atoms with Gasteiger partial charge in [0.1, 0.15) is 10.4 Å². The van der Waals surface area contributed by atoms with E-state index in [9.17, 15) is 36.2 Å². The molecule has 3 aromatic rings. The monoisotopic (exact) mass is 542 g/mol. The summed E-state index contributed by atoms with van der Waals surface area (Å²) < 4.78 is 74.2. The van der Waals surface area contributed by atoms with Crippen LogP contribution in [0.25, 0.3) is 10.9 Å². The van der Waals surface area contributed by atoms with E-state index in [1.165, 1.54) is 0 Å². The predicted molar refractivity (Wildman–Crippen MR) is 111 cm³/mol. The number of para-hydroxylation sites is 1. The van der Waals surface area contributed by atoms with Crippen molar-refractivity contribution in [2.75, 3.05) is 11.5 Å². The van der Waals surface area contributed by atoms with Gasteiger partial charge in [0.2, 0.25) is 0 Å². The Labute approximate surface area is 190 Å². The number of carbonyl (C=O) groups is 1. The number of nitrogens with zero attached hydrogens (tertiary/aromatic N) is 1. The molecule has 0 spiro atoms. The van der Waals surface area contributed by atoms with E-state index in [4.69, 9.17) is 16.6 Å². The first-order valence-corrected chi connectivity index (χ1v) is 9.65. The summed E-state index contributed by atoms with van der Waals surface area (Å²) in [7, 11) is 0. The second-order valence-corrected chi connectivity index (χ2v) is 7.83. The highest BCUT2D eigenvalue weighted by Gasteiger charge is 2.50. The Morgan fingerprint density at radius 3 is 2.24 bits per heavy atom. The molecule has 0 aliphatic rings. The zero-order valence-corrected chi connectivity index (χ0v) is 18.2. The van der Waals surface area contributed by atoms with E-state index in [0.29, 0.717) is 17.0 Å². The lowest BCUT2D eigenvalue weighted by molar-refractivity contribution is -0.252. The lowest BCUT2D eigenvalue weighted by Gasteiger charge is -2.26. The van der Waals surface area contributed by atoms with Crippen LogP contribution in [0.5, 0.6) is 0 Å². The van der Waals surface area contributed by atoms with Gasteiger partial charge in [0.25, 0.3) is 0 Å². The van der Waals surface area contributed by atoms with Crippen molar-refractivity contribution >= 4 is 44.3 Å². The summed E-state index contributed by atoms with van der Waals surface area (Å²) >= 11 is 2.54. The topological polar surface area (TPSA) is 138 Å². The van der Waals surface area contributed by atoms with Crippen molar-refractivity contribution in [1.82, 2.24) is 9.97 Å². The number of carboxylic acid groups (broad SMARTS) is 1. The molecule has 0 fully saturated rings. The van der Waals surface area contributed by atoms with Crippen LogP contribution in [-0.4, -0.2) is 37.9 Å². The van der Waals surface area contributed by atoms with Crippen molar-refractivity contribution in [3.05, 3.63) is 51.8 Å². The summed E-state index contributed by atoms with van der Waals surface area (Å²) in [4.78, 5) is 16.5. The molecule has 1 atom stereocenters. The van der Waals surface area contributed by atoms with Crippen LogP contribution in [0, 0.1) is 0 Å². The fraction of sp³-hybridized carbons (Fsp3) is 0.263. The third-order valence-corrected chi connectivity index (χ3v) is 5.10. The molecule has 0 saturated carbocycles. The molecule has 2 heterocycles. The van der Waals surface area contributed by atoms with Crippen molar-refractivity contribution in [3.63, 3.8) is 0 Å². The van der Waals surface area contributed by atoms with Crippen LogP contribution in [0.15, 0.2) is 34.9 Å². The molecule has 0 saturated heterocycles. The van der Waals surface area contributed by atoms with E-state index in [0.717, 1.165) is 6.92 Å². The number of anilines is 2. The zero-order chi connectivity index (χ0) is 25.4. The first kappa shape index (κ1) is 26.3. The lowest BCUT2D eigenvalue weighted by Crippen LogP contribution is -2.44. The Kier molecular flexibility index (Phi) is 7.24. The van der Waals surface area contributed by atoms with Crippen molar-refractivity contribution in [2.24, 2.45) is 0 Å². The molecule has 33 heavy (non-hydrogen) atoms. The van der Waals surface area contributed by atoms with Crippen molar-refractivity contribution in [3.8, 4) is 0 Å². The minimum Gasteiger partial charge on any atom is -0.476 e. The van der Waals surface area contributed by atoms with E-state index < -0.39 is 51.9 Å². The number of hydrogen-bond donors (Lipinski definition) is 5. The molecule has 1 aromatic carbocycles. The van der Waals surface area contributed by atoms with Crippen LogP contribution in [0.4, 0.5) is 37.8 Å². The van der Waals surface area contributed by atoms with Gasteiger partial charge in [-0.2, -0.15) is 26.3 Å². The van der Waals surface area contributed by atoms with Crippen LogP contribution >= 0.6 is 15.9 Å². The molecule has 0 bridgehead atoms. The molecule has 7 nitrogen and oxygen atoms in total. The van der Waals surface area contributed by atoms with Crippen LogP contribution in [0.2, 0.25) is 0 Å². The van der Waals surface area contributed by atoms with Gasteiger partial charge in [-0.25, -0.2) is 9.78 Å². The molecule has 0 unspecified atom stereocenters. The minimum atomic E-state index is -4.70. The van der Waals surface area contributed by atoms with Gasteiger partial charge in [-0.1, -0.05) is 18.2 Å². The van der Waals surface area contributed by atoms with Gasteiger partial charge in [0.15, 0.2) is 11.3 Å². The summed E-state index contributed by atoms with van der Waals surface area (Å²) in [6.07, 6.45) is -9.90. The SMILES string of the molecule is C[C@](O)(Cc1c(N)[nH]c2ccccc12)C(F)(F)F.Nc1cc(C(F)(F)F)c(Br)nc1C(=O)O. The number of nitrogen functional groups attached to an aromatic ring is 2. The number of hydrogen-bond acceptors (Lipinski definition) is 5. The van der Waals surface area contributed by atoms with Gasteiger partial charge in [0.05, 0.1) is 11.3 Å². The number of aromatic amines is 1. The fourth-order valence-corrected chi connectivity index (χ4v) is 3.25. The van der Waals surface area contributed by atoms with E-state index in [2.05, 4.69) is 25.9 Å². The smallest absolute Gasteiger partial charge is 0.419 e. The Morgan fingerprint density at radius 2 is 1.73 bits per heavy atom. The second kappa shape index (κ2) is 9.09. The van der Waals surface area contributed by atoms with Crippen LogP contribution in [0.3, 0.4) is 0 Å². The average Bonchev–Trinajstić information content (AvgIpc) is 2.97. The molecular formula is C19H17BrF6N4O3. The highest BCUT2D eigenvalue weighted by molar-refractivity contribution is 9.10. The maximum absolute atomic E-state index is 12.7. The highest BCUT2D eigenvalue weighted by atomic mass is 79.9. The number of fused-ring (bicyclic) bond motifs is 1. The molecule has 14 heteroatoms. The normalized spacial score (nSPS) is 13.8. The third kappa shape index (κ3) is 5.87. The number of halogens is 7. The maximum atomic E-state index is 12.7. The Hall–Kier alpha value is -3.00. The first-order valence-electron chi connectivity index (χ1n) is 8.86. The zero-order valence-electron chi connectivity index (χ0n) is 16.6. The summed E-state index contributed by atoms with van der Waals surface area (Å²) in [5, 5.41) is 18.6. The summed E-state index contributed by atoms with van der Waals surface area (Å²) in [5.41, 5.74) is 6.68. The van der Waals surface area contributed by atoms with E-state index in [1.807, 2.05) is 0 Å². The van der Waals surface area contributed by atoms with Gasteiger partial charge in [-0.3, -0.25) is 0 Å². The molecular weight excluding hydrogens is 526 g/mol. The largest absolute Gasteiger partial charge is 0.476 e. The van der Waals surface area contributed by atoms with E-state index in [1.54, 1.807) is 24.3 Å². The number of H-pyrrole nitrogens is 1. The van der Waals surface area contributed by atoms with Crippen LogP contribution in [0.1, 0.15) is 28.5 Å². The number of alkyl halides is 6. The van der Waals surface area contributed by atoms with Gasteiger partial charge in [-0.05, 0) is 35.0 Å². The van der Waals surface area contributed by atoms with Crippen molar-refractivity contribution in [1.29, 1.82) is 0 Å². The molecule has 7 N–H and O–H groups in total. The molecule has 2 aromatic heterocycles. The number of aliphatic hydroxyl groups is 1. The molecule has 0 aliphatic heterocycles. The first-order chi connectivity index (χ1) is 15.0. The number of nitrogens with two attached hydrogens (primary N) is 2. The van der Waals surface area contributed by atoms with Crippen LogP contribution < -0.4 is 11.5 Å². The van der Waals surface area contributed by atoms with Crippen LogP contribution in [-0.2, 0) is 12.6 Å². The molecule has 0 amide bonds. The number of aromatic nitrogens is 2. The molecule has 0 radical (unpaired) electrons. The number of aromatic carboxylic acids is 1. The number of rotatable bonds is 3. The molecule has 180 valence electrons. The van der Waals surface area contributed by atoms with E-state index >= 15 is 0 Å². The summed E-state index contributed by atoms with van der Waals surface area (Å²) in [6.45, 7) is 0.744. The Bertz CT molecular complexity index is 1170. The minimum absolute atomic E-state index is 0.153. The number of carboxylic acids is 1. The Balaban J connectivity index is 0.000000238. The maximum Gasteiger partial charge on any atom is 0.419 e. The molecule has 3 rings (SSSR count). The average molecular weight is 543 g/mol.